The van der Waals surface area contributed by atoms with Crippen molar-refractivity contribution in [3.63, 3.8) is 0 Å². The molecule has 0 spiro atoms. The van der Waals surface area contributed by atoms with Crippen molar-refractivity contribution < 1.29 is 13.7 Å². The first-order valence-electron chi connectivity index (χ1n) is 6.44. The molecule has 1 saturated heterocycles. The van der Waals surface area contributed by atoms with Crippen molar-refractivity contribution in [1.82, 2.24) is 15.0 Å². The number of carbonyl (C=O) groups excluding carboxylic acids is 1. The zero-order chi connectivity index (χ0) is 14.1. The molecular weight excluding hydrogens is 261 g/mol. The molecule has 20 heavy (non-hydrogen) atoms. The molecule has 0 N–H and O–H groups in total. The minimum atomic E-state index is -0.294. The molecule has 6 heteroatoms. The Morgan fingerprint density at radius 3 is 2.70 bits per heavy atom. The van der Waals surface area contributed by atoms with E-state index >= 15 is 0 Å². The number of aromatic nitrogens is 2. The van der Waals surface area contributed by atoms with E-state index in [0.717, 1.165) is 5.56 Å². The molecular formula is C14H14FN3O2. The van der Waals surface area contributed by atoms with Gasteiger partial charge in [-0.25, -0.2) is 4.39 Å². The van der Waals surface area contributed by atoms with E-state index in [-0.39, 0.29) is 24.1 Å². The summed E-state index contributed by atoms with van der Waals surface area (Å²) in [5, 5.41) is 3.74. The predicted molar refractivity (Wildman–Crippen MR) is 68.5 cm³/mol. The third kappa shape index (κ3) is 2.54. The summed E-state index contributed by atoms with van der Waals surface area (Å²) in [5.74, 6) is 1.07. The Morgan fingerprint density at radius 2 is 2.10 bits per heavy atom. The van der Waals surface area contributed by atoms with Crippen LogP contribution < -0.4 is 0 Å². The second kappa shape index (κ2) is 5.03. The largest absolute Gasteiger partial charge is 0.341 e. The average molecular weight is 275 g/mol. The van der Waals surface area contributed by atoms with Crippen LogP contribution in [0.2, 0.25) is 0 Å². The van der Waals surface area contributed by atoms with E-state index in [9.17, 15) is 9.18 Å². The van der Waals surface area contributed by atoms with Crippen molar-refractivity contribution in [3.05, 3.63) is 47.4 Å². The maximum atomic E-state index is 12.8. The molecule has 0 bridgehead atoms. The van der Waals surface area contributed by atoms with Crippen molar-refractivity contribution >= 4 is 5.91 Å². The summed E-state index contributed by atoms with van der Waals surface area (Å²) >= 11 is 0. The van der Waals surface area contributed by atoms with Gasteiger partial charge in [0.1, 0.15) is 5.82 Å². The lowest BCUT2D eigenvalue weighted by Gasteiger charge is -2.37. The molecule has 0 aliphatic carbocycles. The maximum Gasteiger partial charge on any atom is 0.233 e. The highest BCUT2D eigenvalue weighted by Gasteiger charge is 2.35. The highest BCUT2D eigenvalue weighted by atomic mass is 19.1. The van der Waals surface area contributed by atoms with Gasteiger partial charge in [-0.2, -0.15) is 4.98 Å². The Hall–Kier alpha value is -2.24. The molecule has 5 nitrogen and oxygen atoms in total. The normalized spacial score (nSPS) is 15.2. The number of hydrogen-bond donors (Lipinski definition) is 0. The second-order valence-electron chi connectivity index (χ2n) is 4.98. The zero-order valence-electron chi connectivity index (χ0n) is 11.0. The Labute approximate surface area is 115 Å². The second-order valence-corrected chi connectivity index (χ2v) is 4.98. The lowest BCUT2D eigenvalue weighted by atomic mass is 9.99. The summed E-state index contributed by atoms with van der Waals surface area (Å²) in [7, 11) is 0. The predicted octanol–water partition coefficient (Wildman–Crippen LogP) is 1.69. The summed E-state index contributed by atoms with van der Waals surface area (Å²) in [4.78, 5) is 17.9. The molecule has 1 amide bonds. The van der Waals surface area contributed by atoms with E-state index < -0.39 is 0 Å². The third-order valence-electron chi connectivity index (χ3n) is 3.40. The van der Waals surface area contributed by atoms with Crippen LogP contribution in [-0.2, 0) is 11.2 Å². The smallest absolute Gasteiger partial charge is 0.233 e. The molecule has 0 saturated carbocycles. The molecule has 1 aromatic heterocycles. The molecule has 2 aromatic rings. The number of likely N-dealkylation sites (tertiary alicyclic amines) is 1. The molecule has 1 aliphatic rings. The summed E-state index contributed by atoms with van der Waals surface area (Å²) < 4.78 is 17.9. The van der Waals surface area contributed by atoms with E-state index in [0.29, 0.717) is 24.8 Å². The number of hydrogen-bond acceptors (Lipinski definition) is 4. The zero-order valence-corrected chi connectivity index (χ0v) is 11.0. The highest BCUT2D eigenvalue weighted by molar-refractivity contribution is 5.79. The van der Waals surface area contributed by atoms with Gasteiger partial charge in [-0.3, -0.25) is 4.79 Å². The van der Waals surface area contributed by atoms with Crippen LogP contribution in [0.5, 0.6) is 0 Å². The molecule has 1 aliphatic heterocycles. The molecule has 0 radical (unpaired) electrons. The number of rotatable bonds is 3. The van der Waals surface area contributed by atoms with Gasteiger partial charge in [-0.15, -0.1) is 0 Å². The first-order chi connectivity index (χ1) is 9.61. The van der Waals surface area contributed by atoms with Crippen molar-refractivity contribution in [2.75, 3.05) is 13.1 Å². The van der Waals surface area contributed by atoms with Crippen LogP contribution >= 0.6 is 0 Å². The minimum Gasteiger partial charge on any atom is -0.341 e. The average Bonchev–Trinajstić information content (AvgIpc) is 2.77. The van der Waals surface area contributed by atoms with Crippen LogP contribution in [0.1, 0.15) is 23.2 Å². The van der Waals surface area contributed by atoms with Crippen molar-refractivity contribution in [3.8, 4) is 0 Å². The van der Waals surface area contributed by atoms with Gasteiger partial charge < -0.3 is 9.42 Å². The lowest BCUT2D eigenvalue weighted by molar-refractivity contribution is -0.135. The SMILES string of the molecule is Cc1noc(C2CN(C(=O)Cc3ccc(F)cc3)C2)n1. The van der Waals surface area contributed by atoms with Gasteiger partial charge in [0.25, 0.3) is 0 Å². The van der Waals surface area contributed by atoms with E-state index in [4.69, 9.17) is 4.52 Å². The third-order valence-corrected chi connectivity index (χ3v) is 3.40. The quantitative estimate of drug-likeness (QED) is 0.855. The van der Waals surface area contributed by atoms with Gasteiger partial charge in [0.2, 0.25) is 11.8 Å². The lowest BCUT2D eigenvalue weighted by Crippen LogP contribution is -2.49. The molecule has 2 heterocycles. The maximum absolute atomic E-state index is 12.8. The number of nitrogens with zero attached hydrogens (tertiary/aromatic N) is 3. The van der Waals surface area contributed by atoms with Crippen LogP contribution in [0, 0.1) is 12.7 Å². The van der Waals surface area contributed by atoms with Gasteiger partial charge >= 0.3 is 0 Å². The minimum absolute atomic E-state index is 0.0316. The van der Waals surface area contributed by atoms with Gasteiger partial charge in [0.05, 0.1) is 12.3 Å². The topological polar surface area (TPSA) is 59.2 Å². The summed E-state index contributed by atoms with van der Waals surface area (Å²) in [5.41, 5.74) is 0.813. The summed E-state index contributed by atoms with van der Waals surface area (Å²) in [6, 6.07) is 5.99. The van der Waals surface area contributed by atoms with Crippen molar-refractivity contribution in [1.29, 1.82) is 0 Å². The molecule has 3 rings (SSSR count). The molecule has 0 unspecified atom stereocenters. The molecule has 1 aromatic carbocycles. The van der Waals surface area contributed by atoms with E-state index in [1.807, 2.05) is 0 Å². The number of carbonyl (C=O) groups is 1. The Balaban J connectivity index is 1.54. The van der Waals surface area contributed by atoms with Crippen molar-refractivity contribution in [2.24, 2.45) is 0 Å². The van der Waals surface area contributed by atoms with Gasteiger partial charge in [-0.05, 0) is 24.6 Å². The van der Waals surface area contributed by atoms with Crippen LogP contribution in [-0.4, -0.2) is 34.0 Å². The van der Waals surface area contributed by atoms with Crippen LogP contribution in [0.3, 0.4) is 0 Å². The number of benzene rings is 1. The first kappa shape index (κ1) is 12.8. The van der Waals surface area contributed by atoms with E-state index in [1.165, 1.54) is 12.1 Å². The number of halogens is 1. The van der Waals surface area contributed by atoms with Crippen molar-refractivity contribution in [2.45, 2.75) is 19.3 Å². The number of aryl methyl sites for hydroxylation is 1. The fourth-order valence-electron chi connectivity index (χ4n) is 2.21. The van der Waals surface area contributed by atoms with Crippen LogP contribution in [0.15, 0.2) is 28.8 Å². The fourth-order valence-corrected chi connectivity index (χ4v) is 2.21. The number of amides is 1. The van der Waals surface area contributed by atoms with Crippen LogP contribution in [0.4, 0.5) is 4.39 Å². The molecule has 104 valence electrons. The van der Waals surface area contributed by atoms with E-state index in [2.05, 4.69) is 10.1 Å². The van der Waals surface area contributed by atoms with E-state index in [1.54, 1.807) is 24.0 Å². The first-order valence-corrected chi connectivity index (χ1v) is 6.44. The van der Waals surface area contributed by atoms with Gasteiger partial charge in [0, 0.05) is 13.1 Å². The van der Waals surface area contributed by atoms with Gasteiger partial charge in [-0.1, -0.05) is 17.3 Å². The molecule has 0 atom stereocenters. The molecule has 1 fully saturated rings. The fraction of sp³-hybridized carbons (Fsp3) is 0.357. The van der Waals surface area contributed by atoms with Crippen LogP contribution in [0.25, 0.3) is 0 Å². The summed E-state index contributed by atoms with van der Waals surface area (Å²) in [6.45, 7) is 2.96. The monoisotopic (exact) mass is 275 g/mol. The Kier molecular flexibility index (Phi) is 3.22. The Bertz CT molecular complexity index is 618. The standard InChI is InChI=1S/C14H14FN3O2/c1-9-16-14(20-17-9)11-7-18(8-11)13(19)6-10-2-4-12(15)5-3-10/h2-5,11H,6-8H2,1H3. The Morgan fingerprint density at radius 1 is 1.40 bits per heavy atom. The summed E-state index contributed by atoms with van der Waals surface area (Å²) in [6.07, 6.45) is 0.288. The highest BCUT2D eigenvalue weighted by Crippen LogP contribution is 2.26. The van der Waals surface area contributed by atoms with Gasteiger partial charge in [0.15, 0.2) is 5.82 Å².